The summed E-state index contributed by atoms with van der Waals surface area (Å²) in [5, 5.41) is 0. The third-order valence-corrected chi connectivity index (χ3v) is 5.45. The van der Waals surface area contributed by atoms with E-state index >= 15 is 0 Å². The van der Waals surface area contributed by atoms with Gasteiger partial charge in [-0.1, -0.05) is 18.2 Å². The molecule has 4 rings (SSSR count). The second-order valence-electron chi connectivity index (χ2n) is 7.18. The zero-order valence-electron chi connectivity index (χ0n) is 16.0. The van der Waals surface area contributed by atoms with E-state index in [9.17, 15) is 9.59 Å². The van der Waals surface area contributed by atoms with Crippen molar-refractivity contribution in [3.8, 4) is 0 Å². The quantitative estimate of drug-likeness (QED) is 0.822. The van der Waals surface area contributed by atoms with Gasteiger partial charge in [0.15, 0.2) is 5.79 Å². The number of rotatable bonds is 3. The van der Waals surface area contributed by atoms with Gasteiger partial charge in [0.25, 0.3) is 11.8 Å². The molecule has 1 spiro atoms. The van der Waals surface area contributed by atoms with Crippen LogP contribution in [0, 0.1) is 0 Å². The first-order chi connectivity index (χ1) is 13.6. The van der Waals surface area contributed by atoms with E-state index in [0.717, 1.165) is 5.69 Å². The van der Waals surface area contributed by atoms with Crippen molar-refractivity contribution in [2.75, 3.05) is 38.3 Å². The van der Waals surface area contributed by atoms with Crippen LogP contribution in [0.3, 0.4) is 0 Å². The van der Waals surface area contributed by atoms with Crippen molar-refractivity contribution in [3.63, 3.8) is 0 Å². The van der Waals surface area contributed by atoms with E-state index in [1.165, 1.54) is 0 Å². The van der Waals surface area contributed by atoms with E-state index < -0.39 is 5.79 Å². The molecule has 2 aliphatic rings. The van der Waals surface area contributed by atoms with E-state index in [-0.39, 0.29) is 11.8 Å². The maximum Gasteiger partial charge on any atom is 0.258 e. The van der Waals surface area contributed by atoms with Crippen molar-refractivity contribution in [1.82, 2.24) is 4.90 Å². The van der Waals surface area contributed by atoms with E-state index in [1.807, 2.05) is 35.2 Å². The highest BCUT2D eigenvalue weighted by Gasteiger charge is 2.40. The highest BCUT2D eigenvalue weighted by molar-refractivity contribution is 6.06. The van der Waals surface area contributed by atoms with Crippen LogP contribution < -0.4 is 4.90 Å². The van der Waals surface area contributed by atoms with E-state index in [4.69, 9.17) is 9.47 Å². The number of anilines is 1. The summed E-state index contributed by atoms with van der Waals surface area (Å²) in [4.78, 5) is 28.9. The Hall–Kier alpha value is -2.70. The van der Waals surface area contributed by atoms with Gasteiger partial charge in [-0.15, -0.1) is 0 Å². The molecule has 2 amide bonds. The molecule has 0 atom stereocenters. The molecule has 0 saturated carbocycles. The lowest BCUT2D eigenvalue weighted by atomic mass is 10.0. The van der Waals surface area contributed by atoms with Gasteiger partial charge in [0, 0.05) is 49.8 Å². The molecule has 2 saturated heterocycles. The van der Waals surface area contributed by atoms with Crippen molar-refractivity contribution in [3.05, 3.63) is 65.7 Å². The van der Waals surface area contributed by atoms with Crippen molar-refractivity contribution >= 4 is 17.5 Å². The summed E-state index contributed by atoms with van der Waals surface area (Å²) in [6, 6.07) is 16.3. The molecular weight excluding hydrogens is 356 g/mol. The highest BCUT2D eigenvalue weighted by Crippen LogP contribution is 2.31. The van der Waals surface area contributed by atoms with Crippen LogP contribution in [0.2, 0.25) is 0 Å². The van der Waals surface area contributed by atoms with Crippen LogP contribution in [0.25, 0.3) is 0 Å². The normalized spacial score (nSPS) is 18.2. The molecule has 0 unspecified atom stereocenters. The molecule has 2 aromatic carbocycles. The fraction of sp³-hybridized carbons (Fsp3) is 0.364. The monoisotopic (exact) mass is 380 g/mol. The number of carbonyl (C=O) groups is 2. The number of carbonyl (C=O) groups excluding carboxylic acids is 2. The summed E-state index contributed by atoms with van der Waals surface area (Å²) >= 11 is 0. The third-order valence-electron chi connectivity index (χ3n) is 5.45. The summed E-state index contributed by atoms with van der Waals surface area (Å²) in [5.41, 5.74) is 1.96. The summed E-state index contributed by atoms with van der Waals surface area (Å²) in [5.74, 6) is -0.626. The Kier molecular flexibility index (Phi) is 5.15. The predicted molar refractivity (Wildman–Crippen MR) is 105 cm³/mol. The Balaban J connectivity index is 1.40. The predicted octanol–water partition coefficient (Wildman–Crippen LogP) is 2.94. The lowest BCUT2D eigenvalue weighted by molar-refractivity contribution is -0.181. The molecule has 0 bridgehead atoms. The van der Waals surface area contributed by atoms with Crippen LogP contribution in [-0.4, -0.2) is 55.9 Å². The Morgan fingerprint density at radius 2 is 1.46 bits per heavy atom. The molecule has 0 aromatic heterocycles. The SMILES string of the molecule is CN(C(=O)c1ccc(C(=O)N2CCC3(CC2)OCCO3)cc1)c1ccccc1. The van der Waals surface area contributed by atoms with Crippen LogP contribution in [-0.2, 0) is 9.47 Å². The summed E-state index contributed by atoms with van der Waals surface area (Å²) in [6.45, 7) is 2.47. The molecule has 0 aliphatic carbocycles. The Morgan fingerprint density at radius 3 is 2.07 bits per heavy atom. The van der Waals surface area contributed by atoms with Gasteiger partial charge in [-0.3, -0.25) is 9.59 Å². The molecule has 2 aliphatic heterocycles. The second-order valence-corrected chi connectivity index (χ2v) is 7.18. The van der Waals surface area contributed by atoms with Crippen LogP contribution in [0.1, 0.15) is 33.6 Å². The van der Waals surface area contributed by atoms with Crippen molar-refractivity contribution in [1.29, 1.82) is 0 Å². The van der Waals surface area contributed by atoms with E-state index in [0.29, 0.717) is 50.3 Å². The number of hydrogen-bond donors (Lipinski definition) is 0. The number of hydrogen-bond acceptors (Lipinski definition) is 4. The summed E-state index contributed by atoms with van der Waals surface area (Å²) in [7, 11) is 1.74. The van der Waals surface area contributed by atoms with Gasteiger partial charge in [-0.05, 0) is 36.4 Å². The maximum absolute atomic E-state index is 12.8. The summed E-state index contributed by atoms with van der Waals surface area (Å²) in [6.07, 6.45) is 1.38. The van der Waals surface area contributed by atoms with Crippen molar-refractivity contribution in [2.24, 2.45) is 0 Å². The number of para-hydroxylation sites is 1. The van der Waals surface area contributed by atoms with Gasteiger partial charge in [0.05, 0.1) is 13.2 Å². The molecule has 6 heteroatoms. The Morgan fingerprint density at radius 1 is 0.893 bits per heavy atom. The molecule has 2 heterocycles. The Labute approximate surface area is 164 Å². The minimum atomic E-state index is -0.491. The zero-order chi connectivity index (χ0) is 19.6. The highest BCUT2D eigenvalue weighted by atomic mass is 16.7. The number of benzene rings is 2. The smallest absolute Gasteiger partial charge is 0.258 e. The van der Waals surface area contributed by atoms with Crippen molar-refractivity contribution < 1.29 is 19.1 Å². The van der Waals surface area contributed by atoms with Gasteiger partial charge < -0.3 is 19.3 Å². The molecule has 2 fully saturated rings. The number of ether oxygens (including phenoxy) is 2. The largest absolute Gasteiger partial charge is 0.347 e. The molecule has 2 aromatic rings. The average Bonchev–Trinajstić information content (AvgIpc) is 3.21. The number of nitrogens with zero attached hydrogens (tertiary/aromatic N) is 2. The van der Waals surface area contributed by atoms with Crippen LogP contribution in [0.4, 0.5) is 5.69 Å². The zero-order valence-corrected chi connectivity index (χ0v) is 16.0. The fourth-order valence-corrected chi connectivity index (χ4v) is 3.74. The van der Waals surface area contributed by atoms with Crippen molar-refractivity contribution in [2.45, 2.75) is 18.6 Å². The lowest BCUT2D eigenvalue weighted by Gasteiger charge is -2.37. The lowest BCUT2D eigenvalue weighted by Crippen LogP contribution is -2.47. The number of likely N-dealkylation sites (tertiary alicyclic amines) is 1. The first kappa shape index (κ1) is 18.7. The first-order valence-corrected chi connectivity index (χ1v) is 9.58. The number of amides is 2. The minimum Gasteiger partial charge on any atom is -0.347 e. The minimum absolute atomic E-state index is 0.0248. The van der Waals surface area contributed by atoms with Gasteiger partial charge >= 0.3 is 0 Å². The standard InChI is InChI=1S/C22H24N2O4/c1-23(19-5-3-2-4-6-19)20(25)17-7-9-18(10-8-17)21(26)24-13-11-22(12-14-24)27-15-16-28-22/h2-10H,11-16H2,1H3. The first-order valence-electron chi connectivity index (χ1n) is 9.58. The molecule has 146 valence electrons. The Bertz CT molecular complexity index is 835. The topological polar surface area (TPSA) is 59.1 Å². The van der Waals surface area contributed by atoms with E-state index in [1.54, 1.807) is 36.2 Å². The van der Waals surface area contributed by atoms with Crippen LogP contribution in [0.15, 0.2) is 54.6 Å². The second kappa shape index (κ2) is 7.73. The van der Waals surface area contributed by atoms with Gasteiger partial charge in [0.2, 0.25) is 0 Å². The third kappa shape index (κ3) is 3.66. The molecule has 6 nitrogen and oxygen atoms in total. The fourth-order valence-electron chi connectivity index (χ4n) is 3.74. The maximum atomic E-state index is 12.8. The molecule has 0 N–H and O–H groups in total. The van der Waals surface area contributed by atoms with Gasteiger partial charge in [-0.2, -0.15) is 0 Å². The van der Waals surface area contributed by atoms with E-state index in [2.05, 4.69) is 0 Å². The molecular formula is C22H24N2O4. The van der Waals surface area contributed by atoms with Crippen LogP contribution >= 0.6 is 0 Å². The average molecular weight is 380 g/mol. The molecule has 28 heavy (non-hydrogen) atoms. The van der Waals surface area contributed by atoms with Crippen LogP contribution in [0.5, 0.6) is 0 Å². The van der Waals surface area contributed by atoms with Gasteiger partial charge in [-0.25, -0.2) is 0 Å². The summed E-state index contributed by atoms with van der Waals surface area (Å²) < 4.78 is 11.4. The number of piperidine rings is 1. The molecule has 0 radical (unpaired) electrons. The van der Waals surface area contributed by atoms with Gasteiger partial charge in [0.1, 0.15) is 0 Å².